The van der Waals surface area contributed by atoms with Crippen LogP contribution < -0.4 is 15.2 Å². The van der Waals surface area contributed by atoms with Crippen LogP contribution >= 0.6 is 0 Å². The van der Waals surface area contributed by atoms with Crippen molar-refractivity contribution in [3.8, 4) is 17.2 Å². The number of rotatable bonds is 5. The van der Waals surface area contributed by atoms with Crippen LogP contribution in [0.1, 0.15) is 17.2 Å². The molecule has 1 unspecified atom stereocenters. The van der Waals surface area contributed by atoms with Crippen LogP contribution in [0.15, 0.2) is 42.5 Å². The van der Waals surface area contributed by atoms with E-state index >= 15 is 0 Å². The SMILES string of the molecule is COc1cc(C)ccc1Oc1ccc(C(O)CN)cc1. The first-order valence-electron chi connectivity index (χ1n) is 6.44. The molecular weight excluding hydrogens is 254 g/mol. The summed E-state index contributed by atoms with van der Waals surface area (Å²) in [5.74, 6) is 2.03. The highest BCUT2D eigenvalue weighted by Gasteiger charge is 2.08. The minimum atomic E-state index is -0.641. The largest absolute Gasteiger partial charge is 0.493 e. The van der Waals surface area contributed by atoms with Crippen molar-refractivity contribution in [1.82, 2.24) is 0 Å². The summed E-state index contributed by atoms with van der Waals surface area (Å²) < 4.78 is 11.1. The Hall–Kier alpha value is -2.04. The third-order valence-electron chi connectivity index (χ3n) is 3.04. The zero-order valence-corrected chi connectivity index (χ0v) is 11.7. The fourth-order valence-electron chi connectivity index (χ4n) is 1.88. The Morgan fingerprint density at radius 2 is 1.80 bits per heavy atom. The van der Waals surface area contributed by atoms with Crippen molar-refractivity contribution in [3.63, 3.8) is 0 Å². The van der Waals surface area contributed by atoms with Crippen LogP contribution in [0.2, 0.25) is 0 Å². The first-order chi connectivity index (χ1) is 9.63. The maximum Gasteiger partial charge on any atom is 0.169 e. The molecule has 0 fully saturated rings. The van der Waals surface area contributed by atoms with Crippen LogP contribution in [-0.2, 0) is 0 Å². The molecule has 0 bridgehead atoms. The van der Waals surface area contributed by atoms with Gasteiger partial charge < -0.3 is 20.3 Å². The normalized spacial score (nSPS) is 12.0. The second-order valence-electron chi connectivity index (χ2n) is 4.58. The molecule has 0 aliphatic carbocycles. The van der Waals surface area contributed by atoms with Crippen LogP contribution in [-0.4, -0.2) is 18.8 Å². The Bertz CT molecular complexity index is 566. The fraction of sp³-hybridized carbons (Fsp3) is 0.250. The van der Waals surface area contributed by atoms with Gasteiger partial charge in [-0.3, -0.25) is 0 Å². The molecule has 0 aromatic heterocycles. The molecule has 2 aromatic carbocycles. The smallest absolute Gasteiger partial charge is 0.169 e. The predicted molar refractivity (Wildman–Crippen MR) is 78.3 cm³/mol. The number of benzene rings is 2. The van der Waals surface area contributed by atoms with Crippen molar-refractivity contribution in [1.29, 1.82) is 0 Å². The Labute approximate surface area is 118 Å². The molecule has 4 nitrogen and oxygen atoms in total. The van der Waals surface area contributed by atoms with Gasteiger partial charge in [0, 0.05) is 6.54 Å². The zero-order chi connectivity index (χ0) is 14.5. The Kier molecular flexibility index (Phi) is 4.61. The number of hydrogen-bond acceptors (Lipinski definition) is 4. The second kappa shape index (κ2) is 6.41. The lowest BCUT2D eigenvalue weighted by atomic mass is 10.1. The van der Waals surface area contributed by atoms with Crippen LogP contribution in [0.3, 0.4) is 0 Å². The molecule has 106 valence electrons. The van der Waals surface area contributed by atoms with Crippen LogP contribution in [0, 0.1) is 6.92 Å². The number of nitrogens with two attached hydrogens (primary N) is 1. The summed E-state index contributed by atoms with van der Waals surface area (Å²) in [5, 5.41) is 9.64. The molecule has 4 heteroatoms. The number of ether oxygens (including phenoxy) is 2. The summed E-state index contributed by atoms with van der Waals surface area (Å²) >= 11 is 0. The van der Waals surface area contributed by atoms with E-state index in [9.17, 15) is 5.11 Å². The highest BCUT2D eigenvalue weighted by atomic mass is 16.5. The summed E-state index contributed by atoms with van der Waals surface area (Å²) in [4.78, 5) is 0. The van der Waals surface area contributed by atoms with Gasteiger partial charge in [-0.25, -0.2) is 0 Å². The molecule has 0 aliphatic heterocycles. The standard InChI is InChI=1S/C16H19NO3/c1-11-3-8-15(16(9-11)19-2)20-13-6-4-12(5-7-13)14(18)10-17/h3-9,14,18H,10,17H2,1-2H3. The first-order valence-corrected chi connectivity index (χ1v) is 6.44. The fourth-order valence-corrected chi connectivity index (χ4v) is 1.88. The van der Waals surface area contributed by atoms with E-state index in [1.54, 1.807) is 31.4 Å². The molecule has 0 saturated carbocycles. The van der Waals surface area contributed by atoms with Crippen molar-refractivity contribution in [2.75, 3.05) is 13.7 Å². The van der Waals surface area contributed by atoms with E-state index in [1.165, 1.54) is 0 Å². The Morgan fingerprint density at radius 3 is 2.40 bits per heavy atom. The molecule has 2 aromatic rings. The van der Waals surface area contributed by atoms with E-state index < -0.39 is 6.10 Å². The second-order valence-corrected chi connectivity index (χ2v) is 4.58. The van der Waals surface area contributed by atoms with Crippen LogP contribution in [0.5, 0.6) is 17.2 Å². The van der Waals surface area contributed by atoms with Gasteiger partial charge in [-0.2, -0.15) is 0 Å². The summed E-state index contributed by atoms with van der Waals surface area (Å²) in [6, 6.07) is 12.9. The number of aryl methyl sites for hydroxylation is 1. The third-order valence-corrected chi connectivity index (χ3v) is 3.04. The summed E-state index contributed by atoms with van der Waals surface area (Å²) in [6.45, 7) is 2.20. The number of aliphatic hydroxyl groups excluding tert-OH is 1. The van der Waals surface area contributed by atoms with E-state index in [4.69, 9.17) is 15.2 Å². The topological polar surface area (TPSA) is 64.7 Å². The van der Waals surface area contributed by atoms with Gasteiger partial charge in [-0.1, -0.05) is 18.2 Å². The monoisotopic (exact) mass is 273 g/mol. The molecule has 20 heavy (non-hydrogen) atoms. The van der Waals surface area contributed by atoms with E-state index in [-0.39, 0.29) is 6.54 Å². The highest BCUT2D eigenvalue weighted by Crippen LogP contribution is 2.32. The van der Waals surface area contributed by atoms with E-state index in [0.29, 0.717) is 17.2 Å². The van der Waals surface area contributed by atoms with E-state index in [1.807, 2.05) is 25.1 Å². The van der Waals surface area contributed by atoms with Crippen molar-refractivity contribution >= 4 is 0 Å². The lowest BCUT2D eigenvalue weighted by Crippen LogP contribution is -2.11. The van der Waals surface area contributed by atoms with Gasteiger partial charge >= 0.3 is 0 Å². The number of aliphatic hydroxyl groups is 1. The van der Waals surface area contributed by atoms with Gasteiger partial charge in [0.15, 0.2) is 11.5 Å². The van der Waals surface area contributed by atoms with Crippen LogP contribution in [0.25, 0.3) is 0 Å². The first kappa shape index (κ1) is 14.4. The third kappa shape index (κ3) is 3.29. The quantitative estimate of drug-likeness (QED) is 0.879. The number of methoxy groups -OCH3 is 1. The lowest BCUT2D eigenvalue weighted by molar-refractivity contribution is 0.186. The van der Waals surface area contributed by atoms with Gasteiger partial charge in [0.1, 0.15) is 5.75 Å². The molecular formula is C16H19NO3. The molecule has 0 heterocycles. The molecule has 0 radical (unpaired) electrons. The van der Waals surface area contributed by atoms with Gasteiger partial charge in [-0.15, -0.1) is 0 Å². The highest BCUT2D eigenvalue weighted by molar-refractivity contribution is 5.45. The molecule has 2 rings (SSSR count). The minimum Gasteiger partial charge on any atom is -0.493 e. The average Bonchev–Trinajstić information content (AvgIpc) is 2.49. The van der Waals surface area contributed by atoms with Gasteiger partial charge in [0.25, 0.3) is 0 Å². The average molecular weight is 273 g/mol. The van der Waals surface area contributed by atoms with Crippen molar-refractivity contribution in [2.24, 2.45) is 5.73 Å². The van der Waals surface area contributed by atoms with E-state index in [2.05, 4.69) is 0 Å². The summed E-state index contributed by atoms with van der Waals surface area (Å²) in [5.41, 5.74) is 7.30. The van der Waals surface area contributed by atoms with Crippen molar-refractivity contribution in [3.05, 3.63) is 53.6 Å². The lowest BCUT2D eigenvalue weighted by Gasteiger charge is -2.12. The molecule has 0 saturated heterocycles. The van der Waals surface area contributed by atoms with Crippen LogP contribution in [0.4, 0.5) is 0 Å². The maximum absolute atomic E-state index is 9.64. The van der Waals surface area contributed by atoms with Gasteiger partial charge in [-0.05, 0) is 42.3 Å². The van der Waals surface area contributed by atoms with Crippen molar-refractivity contribution in [2.45, 2.75) is 13.0 Å². The molecule has 0 aliphatic rings. The zero-order valence-electron chi connectivity index (χ0n) is 11.7. The summed E-state index contributed by atoms with van der Waals surface area (Å²) in [7, 11) is 1.61. The molecule has 1 atom stereocenters. The van der Waals surface area contributed by atoms with Gasteiger partial charge in [0.2, 0.25) is 0 Å². The number of hydrogen-bond donors (Lipinski definition) is 2. The molecule has 0 amide bonds. The maximum atomic E-state index is 9.64. The molecule has 3 N–H and O–H groups in total. The Morgan fingerprint density at radius 1 is 1.10 bits per heavy atom. The van der Waals surface area contributed by atoms with Crippen molar-refractivity contribution < 1.29 is 14.6 Å². The van der Waals surface area contributed by atoms with Gasteiger partial charge in [0.05, 0.1) is 13.2 Å². The summed E-state index contributed by atoms with van der Waals surface area (Å²) in [6.07, 6.45) is -0.641. The minimum absolute atomic E-state index is 0.200. The Balaban J connectivity index is 2.18. The predicted octanol–water partition coefficient (Wildman–Crippen LogP) is 2.79. The molecule has 0 spiro atoms. The van der Waals surface area contributed by atoms with E-state index in [0.717, 1.165) is 11.1 Å².